The van der Waals surface area contributed by atoms with Gasteiger partial charge in [-0.15, -0.1) is 0 Å². The molecule has 2 N–H and O–H groups in total. The van der Waals surface area contributed by atoms with Gasteiger partial charge in [-0.2, -0.15) is 0 Å². The zero-order valence-corrected chi connectivity index (χ0v) is 14.8. The number of quaternary nitrogens is 1. The summed E-state index contributed by atoms with van der Waals surface area (Å²) in [6.45, 7) is 3.68. The van der Waals surface area contributed by atoms with Crippen molar-refractivity contribution in [1.29, 1.82) is 0 Å². The predicted molar refractivity (Wildman–Crippen MR) is 93.5 cm³/mol. The summed E-state index contributed by atoms with van der Waals surface area (Å²) in [6.07, 6.45) is 0. The first-order chi connectivity index (χ1) is 10.9. The Morgan fingerprint density at radius 1 is 1.48 bits per heavy atom. The van der Waals surface area contributed by atoms with Gasteiger partial charge in [-0.1, -0.05) is 11.6 Å². The lowest BCUT2D eigenvalue weighted by molar-refractivity contribution is -0.883. The predicted octanol–water partition coefficient (Wildman–Crippen LogP) is 0.465. The summed E-state index contributed by atoms with van der Waals surface area (Å²) < 4.78 is 13.1. The molecule has 1 aliphatic heterocycles. The number of rotatable bonds is 3. The Kier molecular flexibility index (Phi) is 6.15. The van der Waals surface area contributed by atoms with Crippen LogP contribution >= 0.6 is 23.8 Å². The molecule has 1 aliphatic rings. The van der Waals surface area contributed by atoms with Gasteiger partial charge in [0.15, 0.2) is 5.11 Å². The minimum Gasteiger partial charge on any atom is -0.343 e. The second kappa shape index (κ2) is 7.90. The molecule has 126 valence electrons. The third-order valence-electron chi connectivity index (χ3n) is 3.86. The number of carbonyl (C=O) groups excluding carboxylic acids is 1. The quantitative estimate of drug-likeness (QED) is 0.770. The van der Waals surface area contributed by atoms with Gasteiger partial charge in [-0.3, -0.25) is 4.79 Å². The lowest BCUT2D eigenvalue weighted by Crippen LogP contribution is -3.12. The number of piperazine rings is 1. The Balaban J connectivity index is 1.86. The molecule has 2 rings (SSSR count). The van der Waals surface area contributed by atoms with Gasteiger partial charge in [0.05, 0.1) is 44.8 Å². The Morgan fingerprint density at radius 3 is 2.74 bits per heavy atom. The first-order valence-electron chi connectivity index (χ1n) is 7.43. The summed E-state index contributed by atoms with van der Waals surface area (Å²) >= 11 is 11.0. The third-order valence-corrected chi connectivity index (χ3v) is 4.56. The van der Waals surface area contributed by atoms with Gasteiger partial charge in [-0.05, 0) is 30.4 Å². The highest BCUT2D eigenvalue weighted by Crippen LogP contribution is 2.19. The van der Waals surface area contributed by atoms with Crippen LogP contribution in [-0.4, -0.2) is 67.6 Å². The second-order valence-electron chi connectivity index (χ2n) is 5.75. The molecule has 8 heteroatoms. The van der Waals surface area contributed by atoms with Crippen molar-refractivity contribution < 1.29 is 14.1 Å². The van der Waals surface area contributed by atoms with E-state index in [0.29, 0.717) is 10.8 Å². The van der Waals surface area contributed by atoms with Crippen molar-refractivity contribution in [3.8, 4) is 0 Å². The first-order valence-corrected chi connectivity index (χ1v) is 8.21. The summed E-state index contributed by atoms with van der Waals surface area (Å²) in [7, 11) is 3.88. The Bertz CT molecular complexity index is 593. The molecule has 1 aromatic carbocycles. The van der Waals surface area contributed by atoms with Crippen LogP contribution in [0.5, 0.6) is 0 Å². The number of anilines is 1. The van der Waals surface area contributed by atoms with Crippen molar-refractivity contribution >= 4 is 40.5 Å². The van der Waals surface area contributed by atoms with Crippen LogP contribution in [0.2, 0.25) is 5.02 Å². The maximum absolute atomic E-state index is 13.1. The van der Waals surface area contributed by atoms with Crippen LogP contribution in [0.1, 0.15) is 0 Å². The van der Waals surface area contributed by atoms with Crippen molar-refractivity contribution in [3.63, 3.8) is 0 Å². The van der Waals surface area contributed by atoms with Gasteiger partial charge >= 0.3 is 0 Å². The monoisotopic (exact) mass is 359 g/mol. The van der Waals surface area contributed by atoms with Gasteiger partial charge in [0.1, 0.15) is 5.82 Å². The van der Waals surface area contributed by atoms with E-state index in [1.54, 1.807) is 18.0 Å². The topological polar surface area (TPSA) is 40.0 Å². The van der Waals surface area contributed by atoms with Gasteiger partial charge in [0, 0.05) is 12.7 Å². The molecule has 0 unspecified atom stereocenters. The van der Waals surface area contributed by atoms with E-state index < -0.39 is 5.82 Å². The van der Waals surface area contributed by atoms with Crippen LogP contribution < -0.4 is 10.2 Å². The van der Waals surface area contributed by atoms with Crippen LogP contribution in [0.25, 0.3) is 0 Å². The number of benzene rings is 1. The number of thiocarbonyl (C=S) groups is 1. The summed E-state index contributed by atoms with van der Waals surface area (Å²) in [4.78, 5) is 17.3. The molecule has 1 saturated heterocycles. The highest BCUT2D eigenvalue weighted by atomic mass is 35.5. The Hall–Kier alpha value is -1.44. The average Bonchev–Trinajstić information content (AvgIpc) is 2.51. The van der Waals surface area contributed by atoms with Crippen molar-refractivity contribution in [3.05, 3.63) is 29.0 Å². The molecule has 0 radical (unpaired) electrons. The number of hydrogen-bond donors (Lipinski definition) is 2. The Labute approximate surface area is 146 Å². The van der Waals surface area contributed by atoms with E-state index in [0.717, 1.165) is 26.2 Å². The molecule has 1 heterocycles. The van der Waals surface area contributed by atoms with Crippen LogP contribution in [0, 0.1) is 5.82 Å². The fourth-order valence-corrected chi connectivity index (χ4v) is 2.67. The molecule has 1 fully saturated rings. The van der Waals surface area contributed by atoms with Crippen LogP contribution in [0.3, 0.4) is 0 Å². The lowest BCUT2D eigenvalue weighted by atomic mass is 10.3. The summed E-state index contributed by atoms with van der Waals surface area (Å²) in [5, 5.41) is 3.37. The number of carbonyl (C=O) groups is 1. The van der Waals surface area contributed by atoms with Gasteiger partial charge in [0.2, 0.25) is 5.91 Å². The molecule has 23 heavy (non-hydrogen) atoms. The second-order valence-corrected chi connectivity index (χ2v) is 6.55. The maximum atomic E-state index is 13.1. The number of halogens is 2. The van der Waals surface area contributed by atoms with E-state index in [9.17, 15) is 9.18 Å². The van der Waals surface area contributed by atoms with Gasteiger partial charge in [0.25, 0.3) is 0 Å². The molecule has 0 saturated carbocycles. The normalized spacial score (nSPS) is 15.4. The molecule has 5 nitrogen and oxygen atoms in total. The number of amides is 1. The Morgan fingerprint density at radius 2 is 2.13 bits per heavy atom. The third kappa shape index (κ3) is 5.02. The fourth-order valence-electron chi connectivity index (χ4n) is 2.31. The highest BCUT2D eigenvalue weighted by molar-refractivity contribution is 7.80. The SMILES string of the molecule is CN(CC(=O)N1CC[NH+](C)CC1)C(=S)Nc1ccc(F)c(Cl)c1. The average molecular weight is 360 g/mol. The van der Waals surface area contributed by atoms with E-state index in [1.807, 2.05) is 4.90 Å². The zero-order valence-electron chi connectivity index (χ0n) is 13.2. The smallest absolute Gasteiger partial charge is 0.242 e. The van der Waals surface area contributed by atoms with Gasteiger partial charge < -0.3 is 20.0 Å². The number of hydrogen-bond acceptors (Lipinski definition) is 2. The molecule has 0 aliphatic carbocycles. The fraction of sp³-hybridized carbons (Fsp3) is 0.467. The number of nitrogens with zero attached hydrogens (tertiary/aromatic N) is 2. The van der Waals surface area contributed by atoms with Crippen LogP contribution in [0.15, 0.2) is 18.2 Å². The minimum absolute atomic E-state index is 0.0245. The van der Waals surface area contributed by atoms with E-state index >= 15 is 0 Å². The number of nitrogens with one attached hydrogen (secondary N) is 2. The molecule has 0 aromatic heterocycles. The first kappa shape index (κ1) is 17.9. The van der Waals surface area contributed by atoms with E-state index in [2.05, 4.69) is 12.4 Å². The van der Waals surface area contributed by atoms with E-state index in [1.165, 1.54) is 17.0 Å². The molecular formula is C15H21ClFN4OS+. The van der Waals surface area contributed by atoms with E-state index in [-0.39, 0.29) is 17.5 Å². The summed E-state index contributed by atoms with van der Waals surface area (Å²) in [5.41, 5.74) is 0.587. The molecule has 0 atom stereocenters. The van der Waals surface area contributed by atoms with E-state index in [4.69, 9.17) is 23.8 Å². The van der Waals surface area contributed by atoms with Crippen LogP contribution in [-0.2, 0) is 4.79 Å². The standard InChI is InChI=1S/C15H20ClFN4OS/c1-19-5-7-21(8-6-19)14(22)10-20(2)15(23)18-11-3-4-13(17)12(16)9-11/h3-4,9H,5-8,10H2,1-2H3,(H,18,23)/p+1. The molecule has 0 bridgehead atoms. The largest absolute Gasteiger partial charge is 0.343 e. The summed E-state index contributed by atoms with van der Waals surface area (Å²) in [6, 6.07) is 4.28. The molecule has 1 amide bonds. The van der Waals surface area contributed by atoms with Crippen molar-refractivity contribution in [2.24, 2.45) is 0 Å². The lowest BCUT2D eigenvalue weighted by Gasteiger charge is -2.31. The maximum Gasteiger partial charge on any atom is 0.242 e. The zero-order chi connectivity index (χ0) is 17.0. The van der Waals surface area contributed by atoms with Gasteiger partial charge in [-0.25, -0.2) is 4.39 Å². The molecule has 0 spiro atoms. The van der Waals surface area contributed by atoms with Crippen molar-refractivity contribution in [1.82, 2.24) is 9.80 Å². The summed E-state index contributed by atoms with van der Waals surface area (Å²) in [5.74, 6) is -0.426. The van der Waals surface area contributed by atoms with Crippen molar-refractivity contribution in [2.45, 2.75) is 0 Å². The van der Waals surface area contributed by atoms with Crippen LogP contribution in [0.4, 0.5) is 10.1 Å². The minimum atomic E-state index is -0.483. The molecular weight excluding hydrogens is 339 g/mol. The number of likely N-dealkylation sites (N-methyl/N-ethyl adjacent to an activating group) is 2. The highest BCUT2D eigenvalue weighted by Gasteiger charge is 2.22. The molecule has 1 aromatic rings. The van der Waals surface area contributed by atoms with Crippen molar-refractivity contribution in [2.75, 3.05) is 52.1 Å².